The lowest BCUT2D eigenvalue weighted by Gasteiger charge is -2.36. The van der Waals surface area contributed by atoms with Gasteiger partial charge in [-0.25, -0.2) is 4.79 Å². The molecule has 1 aliphatic heterocycles. The molecule has 1 heterocycles. The molecule has 0 spiro atoms. The standard InChI is InChI=1S/C11H14O2.C10H14.C8H18N/c1-3-8(2)9-4-6-10(7-5-9)11(12)13;1-3-9(2)10-7-5-4-6-8-10;1-3-9(2)7-5-4-6-8-9/h4-8H,3H2,1-2H3,(H,12,13);4-9H,3H2,1-2H3;3-8H2,1-2H3/q;;+1. The Labute approximate surface area is 197 Å². The molecule has 32 heavy (non-hydrogen) atoms. The second-order valence-electron chi connectivity index (χ2n) is 9.40. The van der Waals surface area contributed by atoms with Gasteiger partial charge in [-0.1, -0.05) is 70.2 Å². The van der Waals surface area contributed by atoms with E-state index < -0.39 is 5.97 Å². The van der Waals surface area contributed by atoms with Crippen LogP contribution in [0.25, 0.3) is 0 Å². The number of nitrogens with zero attached hydrogens (tertiary/aromatic N) is 1. The van der Waals surface area contributed by atoms with E-state index in [-0.39, 0.29) is 0 Å². The van der Waals surface area contributed by atoms with Crippen LogP contribution in [0.4, 0.5) is 0 Å². The Balaban J connectivity index is 0.000000245. The molecule has 2 aromatic carbocycles. The SMILES string of the molecule is CCC(C)c1ccc(C(=O)O)cc1.CCC(C)c1ccccc1.CC[N+]1(C)CCCCC1. The predicted molar refractivity (Wildman–Crippen MR) is 138 cm³/mol. The van der Waals surface area contributed by atoms with Crippen LogP contribution in [0.2, 0.25) is 0 Å². The van der Waals surface area contributed by atoms with Crippen LogP contribution < -0.4 is 0 Å². The average Bonchev–Trinajstić information content (AvgIpc) is 2.85. The van der Waals surface area contributed by atoms with E-state index in [4.69, 9.17) is 5.11 Å². The van der Waals surface area contributed by atoms with Crippen LogP contribution in [-0.2, 0) is 0 Å². The quantitative estimate of drug-likeness (QED) is 0.466. The van der Waals surface area contributed by atoms with Crippen molar-refractivity contribution in [2.45, 2.75) is 78.6 Å². The fourth-order valence-electron chi connectivity index (χ4n) is 3.80. The zero-order valence-electron chi connectivity index (χ0n) is 21.3. The van der Waals surface area contributed by atoms with Crippen molar-refractivity contribution in [3.63, 3.8) is 0 Å². The second kappa shape index (κ2) is 14.8. The number of rotatable bonds is 6. The summed E-state index contributed by atoms with van der Waals surface area (Å²) in [4.78, 5) is 10.6. The summed E-state index contributed by atoms with van der Waals surface area (Å²) in [6.07, 6.45) is 6.67. The van der Waals surface area contributed by atoms with E-state index in [0.29, 0.717) is 17.4 Å². The molecule has 2 aromatic rings. The molecule has 0 aliphatic carbocycles. The lowest BCUT2D eigenvalue weighted by atomic mass is 9.98. The molecule has 0 saturated carbocycles. The molecule has 0 amide bonds. The highest BCUT2D eigenvalue weighted by Gasteiger charge is 2.21. The Morgan fingerprint density at radius 1 is 0.812 bits per heavy atom. The molecular weight excluding hydrogens is 394 g/mol. The van der Waals surface area contributed by atoms with Gasteiger partial charge in [-0.05, 0) is 74.1 Å². The van der Waals surface area contributed by atoms with Crippen LogP contribution in [0.3, 0.4) is 0 Å². The lowest BCUT2D eigenvalue weighted by molar-refractivity contribution is -0.912. The Bertz CT molecular complexity index is 748. The molecular formula is C29H46NO2+. The molecule has 3 heteroatoms. The van der Waals surface area contributed by atoms with Gasteiger partial charge in [0.05, 0.1) is 32.2 Å². The summed E-state index contributed by atoms with van der Waals surface area (Å²) in [5.74, 6) is 0.347. The number of quaternary nitrogens is 1. The normalized spacial score (nSPS) is 16.4. The molecule has 0 aromatic heterocycles. The molecule has 0 bridgehead atoms. The number of aromatic carboxylic acids is 1. The topological polar surface area (TPSA) is 37.3 Å². The highest BCUT2D eigenvalue weighted by molar-refractivity contribution is 5.87. The second-order valence-corrected chi connectivity index (χ2v) is 9.40. The van der Waals surface area contributed by atoms with Gasteiger partial charge < -0.3 is 9.59 Å². The van der Waals surface area contributed by atoms with E-state index >= 15 is 0 Å². The van der Waals surface area contributed by atoms with E-state index in [1.165, 1.54) is 60.9 Å². The fraction of sp³-hybridized carbons (Fsp3) is 0.552. The van der Waals surface area contributed by atoms with Crippen LogP contribution in [-0.4, -0.2) is 42.2 Å². The summed E-state index contributed by atoms with van der Waals surface area (Å²) in [6, 6.07) is 17.7. The molecule has 2 unspecified atom stereocenters. The van der Waals surface area contributed by atoms with E-state index in [1.807, 2.05) is 12.1 Å². The molecule has 1 fully saturated rings. The first kappa shape index (κ1) is 27.9. The van der Waals surface area contributed by atoms with Crippen molar-refractivity contribution in [2.75, 3.05) is 26.7 Å². The average molecular weight is 441 g/mol. The molecule has 1 saturated heterocycles. The van der Waals surface area contributed by atoms with Crippen LogP contribution >= 0.6 is 0 Å². The van der Waals surface area contributed by atoms with E-state index in [2.05, 4.69) is 72.0 Å². The van der Waals surface area contributed by atoms with Gasteiger partial charge in [0.15, 0.2) is 0 Å². The number of benzene rings is 2. The van der Waals surface area contributed by atoms with Gasteiger partial charge in [0.1, 0.15) is 0 Å². The third-order valence-corrected chi connectivity index (χ3v) is 6.98. The molecule has 1 aliphatic rings. The van der Waals surface area contributed by atoms with E-state index in [1.54, 1.807) is 12.1 Å². The lowest BCUT2D eigenvalue weighted by Crippen LogP contribution is -2.47. The third kappa shape index (κ3) is 9.99. The number of hydrogen-bond acceptors (Lipinski definition) is 1. The van der Waals surface area contributed by atoms with Gasteiger partial charge in [0.25, 0.3) is 0 Å². The molecule has 3 rings (SSSR count). The van der Waals surface area contributed by atoms with E-state index in [9.17, 15) is 4.79 Å². The Kier molecular flexibility index (Phi) is 12.9. The van der Waals surface area contributed by atoms with E-state index in [0.717, 1.165) is 6.42 Å². The highest BCUT2D eigenvalue weighted by Crippen LogP contribution is 2.19. The predicted octanol–water partition coefficient (Wildman–Crippen LogP) is 7.74. The number of likely N-dealkylation sites (tertiary alicyclic amines) is 1. The summed E-state index contributed by atoms with van der Waals surface area (Å²) >= 11 is 0. The van der Waals surface area contributed by atoms with Gasteiger partial charge in [0, 0.05) is 0 Å². The summed E-state index contributed by atoms with van der Waals surface area (Å²) in [6.45, 7) is 15.2. The monoisotopic (exact) mass is 440 g/mol. The molecule has 178 valence electrons. The van der Waals surface area contributed by atoms with Crippen LogP contribution in [0.1, 0.15) is 100 Å². The summed E-state index contributed by atoms with van der Waals surface area (Å²) in [5, 5.41) is 8.67. The van der Waals surface area contributed by atoms with Crippen molar-refractivity contribution in [3.05, 3.63) is 71.3 Å². The van der Waals surface area contributed by atoms with Gasteiger partial charge in [0.2, 0.25) is 0 Å². The van der Waals surface area contributed by atoms with Crippen molar-refractivity contribution < 1.29 is 14.4 Å². The maximum Gasteiger partial charge on any atom is 0.335 e. The van der Waals surface area contributed by atoms with Gasteiger partial charge >= 0.3 is 5.97 Å². The number of carboxylic acids is 1. The van der Waals surface area contributed by atoms with Crippen molar-refractivity contribution in [1.29, 1.82) is 0 Å². The summed E-state index contributed by atoms with van der Waals surface area (Å²) in [5.41, 5.74) is 3.00. The Hall–Kier alpha value is -2.13. The molecule has 1 N–H and O–H groups in total. The first-order chi connectivity index (χ1) is 15.3. The summed E-state index contributed by atoms with van der Waals surface area (Å²) in [7, 11) is 2.37. The largest absolute Gasteiger partial charge is 0.478 e. The first-order valence-corrected chi connectivity index (χ1v) is 12.5. The van der Waals surface area contributed by atoms with Crippen LogP contribution in [0.15, 0.2) is 54.6 Å². The minimum atomic E-state index is -0.865. The number of carboxylic acid groups (broad SMARTS) is 1. The maximum absolute atomic E-state index is 10.6. The van der Waals surface area contributed by atoms with Crippen molar-refractivity contribution in [3.8, 4) is 0 Å². The Morgan fingerprint density at radius 3 is 1.66 bits per heavy atom. The zero-order chi connectivity index (χ0) is 24.0. The van der Waals surface area contributed by atoms with Crippen molar-refractivity contribution in [2.24, 2.45) is 0 Å². The molecule has 3 nitrogen and oxygen atoms in total. The number of carbonyl (C=O) groups is 1. The van der Waals surface area contributed by atoms with Crippen LogP contribution in [0, 0.1) is 0 Å². The number of hydrogen-bond donors (Lipinski definition) is 1. The smallest absolute Gasteiger partial charge is 0.335 e. The van der Waals surface area contributed by atoms with Gasteiger partial charge in [-0.15, -0.1) is 0 Å². The number of piperidine rings is 1. The van der Waals surface area contributed by atoms with Crippen molar-refractivity contribution >= 4 is 5.97 Å². The summed E-state index contributed by atoms with van der Waals surface area (Å²) < 4.78 is 1.32. The fourth-order valence-corrected chi connectivity index (χ4v) is 3.80. The molecule has 2 atom stereocenters. The zero-order valence-corrected chi connectivity index (χ0v) is 21.3. The van der Waals surface area contributed by atoms with Crippen LogP contribution in [0.5, 0.6) is 0 Å². The van der Waals surface area contributed by atoms with Gasteiger partial charge in [-0.2, -0.15) is 0 Å². The minimum Gasteiger partial charge on any atom is -0.478 e. The van der Waals surface area contributed by atoms with Crippen molar-refractivity contribution in [1.82, 2.24) is 0 Å². The minimum absolute atomic E-state index is 0.354. The maximum atomic E-state index is 10.6. The van der Waals surface area contributed by atoms with Gasteiger partial charge in [-0.3, -0.25) is 0 Å². The highest BCUT2D eigenvalue weighted by atomic mass is 16.4. The first-order valence-electron chi connectivity index (χ1n) is 12.5. The third-order valence-electron chi connectivity index (χ3n) is 6.98. The molecule has 0 radical (unpaired) electrons. The Morgan fingerprint density at radius 2 is 1.28 bits per heavy atom.